The second-order valence-electron chi connectivity index (χ2n) is 7.40. The van der Waals surface area contributed by atoms with Gasteiger partial charge >= 0.3 is 0 Å². The molecule has 1 aliphatic carbocycles. The third-order valence-electron chi connectivity index (χ3n) is 5.29. The Bertz CT molecular complexity index is 1040. The number of ether oxygens (including phenoxy) is 1. The number of aryl methyl sites for hydroxylation is 1. The zero-order valence-corrected chi connectivity index (χ0v) is 15.1. The highest BCUT2D eigenvalue weighted by Crippen LogP contribution is 2.37. The highest BCUT2D eigenvalue weighted by molar-refractivity contribution is 5.94. The van der Waals surface area contributed by atoms with E-state index in [1.807, 2.05) is 18.2 Å². The van der Waals surface area contributed by atoms with Crippen LogP contribution >= 0.6 is 0 Å². The Morgan fingerprint density at radius 3 is 3.00 bits per heavy atom. The van der Waals surface area contributed by atoms with Crippen LogP contribution in [0.2, 0.25) is 0 Å². The van der Waals surface area contributed by atoms with E-state index in [2.05, 4.69) is 22.0 Å². The number of imidazole rings is 1. The number of nitrogens with two attached hydrogens (primary N) is 1. The summed E-state index contributed by atoms with van der Waals surface area (Å²) in [6, 6.07) is 11.5. The molecule has 0 atom stereocenters. The molecule has 3 aromatic rings. The number of aromatic nitrogens is 2. The Labute approximate surface area is 157 Å². The van der Waals surface area contributed by atoms with E-state index in [0.29, 0.717) is 12.2 Å². The van der Waals surface area contributed by atoms with Crippen molar-refractivity contribution in [3.63, 3.8) is 0 Å². The lowest BCUT2D eigenvalue weighted by Crippen LogP contribution is -2.11. The van der Waals surface area contributed by atoms with Crippen LogP contribution in [0.4, 0.5) is 5.69 Å². The van der Waals surface area contributed by atoms with Gasteiger partial charge in [0.1, 0.15) is 17.1 Å². The van der Waals surface area contributed by atoms with Crippen LogP contribution in [0.5, 0.6) is 5.75 Å². The van der Waals surface area contributed by atoms with Gasteiger partial charge in [-0.05, 0) is 43.4 Å². The first-order valence-corrected chi connectivity index (χ1v) is 9.50. The van der Waals surface area contributed by atoms with Crippen LogP contribution in [0.1, 0.15) is 29.6 Å². The number of anilines is 1. The first-order chi connectivity index (χ1) is 13.2. The van der Waals surface area contributed by atoms with E-state index in [1.54, 1.807) is 6.07 Å². The maximum Gasteiger partial charge on any atom is 0.248 e. The topological polar surface area (TPSA) is 82.2 Å². The number of nitrogens with one attached hydrogen (secondary N) is 1. The van der Waals surface area contributed by atoms with E-state index in [9.17, 15) is 4.79 Å². The number of amides is 1. The number of hydrogen-bond acceptors (Lipinski definition) is 4. The highest BCUT2D eigenvalue weighted by Gasteiger charge is 2.23. The Kier molecular flexibility index (Phi) is 3.77. The summed E-state index contributed by atoms with van der Waals surface area (Å²) < 4.78 is 8.22. The molecule has 2 heterocycles. The maximum atomic E-state index is 11.6. The van der Waals surface area contributed by atoms with Crippen molar-refractivity contribution in [3.05, 3.63) is 42.0 Å². The van der Waals surface area contributed by atoms with Gasteiger partial charge in [-0.25, -0.2) is 4.98 Å². The van der Waals surface area contributed by atoms with Crippen molar-refractivity contribution in [2.75, 3.05) is 18.5 Å². The number of hydrogen-bond donors (Lipinski definition) is 2. The van der Waals surface area contributed by atoms with Gasteiger partial charge in [0, 0.05) is 36.0 Å². The van der Waals surface area contributed by atoms with Crippen LogP contribution in [0.3, 0.4) is 0 Å². The summed E-state index contributed by atoms with van der Waals surface area (Å²) in [6.07, 6.45) is 3.54. The Morgan fingerprint density at radius 2 is 2.19 bits per heavy atom. The van der Waals surface area contributed by atoms with Crippen LogP contribution in [-0.2, 0) is 6.54 Å². The van der Waals surface area contributed by atoms with E-state index < -0.39 is 5.91 Å². The second kappa shape index (κ2) is 6.30. The van der Waals surface area contributed by atoms with Crippen molar-refractivity contribution in [1.82, 2.24) is 9.55 Å². The fourth-order valence-electron chi connectivity index (χ4n) is 3.68. The summed E-state index contributed by atoms with van der Waals surface area (Å²) in [5.74, 6) is 2.08. The van der Waals surface area contributed by atoms with Gasteiger partial charge < -0.3 is 20.4 Å². The fourth-order valence-corrected chi connectivity index (χ4v) is 3.68. The molecule has 138 valence electrons. The predicted molar refractivity (Wildman–Crippen MR) is 105 cm³/mol. The van der Waals surface area contributed by atoms with Crippen LogP contribution in [-0.4, -0.2) is 28.6 Å². The van der Waals surface area contributed by atoms with E-state index in [4.69, 9.17) is 15.5 Å². The molecule has 5 rings (SSSR count). The molecule has 2 aliphatic rings. The normalized spacial score (nSPS) is 16.0. The zero-order valence-electron chi connectivity index (χ0n) is 15.1. The van der Waals surface area contributed by atoms with Gasteiger partial charge in [-0.3, -0.25) is 4.79 Å². The molecular weight excluding hydrogens is 340 g/mol. The third-order valence-corrected chi connectivity index (χ3v) is 5.29. The van der Waals surface area contributed by atoms with E-state index in [0.717, 1.165) is 59.3 Å². The minimum Gasteiger partial charge on any atom is -0.491 e. The predicted octanol–water partition coefficient (Wildman–Crippen LogP) is 3.41. The van der Waals surface area contributed by atoms with Crippen molar-refractivity contribution in [1.29, 1.82) is 0 Å². The molecule has 1 amide bonds. The molecule has 1 saturated carbocycles. The first-order valence-electron chi connectivity index (χ1n) is 9.50. The first kappa shape index (κ1) is 16.2. The molecule has 1 aliphatic heterocycles. The van der Waals surface area contributed by atoms with E-state index >= 15 is 0 Å². The number of nitrogens with zero attached hydrogens (tertiary/aromatic N) is 2. The fraction of sp³-hybridized carbons (Fsp3) is 0.333. The van der Waals surface area contributed by atoms with Crippen molar-refractivity contribution in [2.45, 2.75) is 25.8 Å². The molecule has 1 aromatic heterocycles. The molecule has 6 heteroatoms. The average molecular weight is 362 g/mol. The average Bonchev–Trinajstić information content (AvgIpc) is 3.46. The Balaban J connectivity index is 1.63. The minimum absolute atomic E-state index is 0.431. The SMILES string of the molecule is NC(=O)c1cccc(-c2nc3cc(NCC4CC4)cc4c3n2CCCO4)c1. The number of benzene rings is 2. The number of carbonyl (C=O) groups excluding carboxylic acids is 1. The number of carbonyl (C=O) groups is 1. The van der Waals surface area contributed by atoms with Gasteiger partial charge in [0.2, 0.25) is 5.91 Å². The standard InChI is InChI=1S/C21H22N4O2/c22-20(26)14-3-1-4-15(9-14)21-24-17-10-16(23-12-13-5-6-13)11-18-19(17)25(21)7-2-8-27-18/h1,3-4,9-11,13,23H,2,5-8,12H2,(H2,22,26). The molecule has 2 aromatic carbocycles. The van der Waals surface area contributed by atoms with Crippen molar-refractivity contribution in [2.24, 2.45) is 11.7 Å². The summed E-state index contributed by atoms with van der Waals surface area (Å²) in [5.41, 5.74) is 9.81. The summed E-state index contributed by atoms with van der Waals surface area (Å²) in [6.45, 7) is 2.51. The van der Waals surface area contributed by atoms with Gasteiger partial charge in [-0.2, -0.15) is 0 Å². The lowest BCUT2D eigenvalue weighted by atomic mass is 10.1. The van der Waals surface area contributed by atoms with Gasteiger partial charge in [-0.1, -0.05) is 12.1 Å². The van der Waals surface area contributed by atoms with Crippen molar-refractivity contribution < 1.29 is 9.53 Å². The number of rotatable bonds is 5. The molecule has 0 bridgehead atoms. The van der Waals surface area contributed by atoms with Crippen molar-refractivity contribution in [3.8, 4) is 17.1 Å². The van der Waals surface area contributed by atoms with Crippen LogP contribution in [0, 0.1) is 5.92 Å². The minimum atomic E-state index is -0.431. The Morgan fingerprint density at radius 1 is 1.30 bits per heavy atom. The molecule has 1 fully saturated rings. The molecule has 0 saturated heterocycles. The third kappa shape index (κ3) is 3.01. The zero-order chi connectivity index (χ0) is 18.4. The molecule has 27 heavy (non-hydrogen) atoms. The van der Waals surface area contributed by atoms with Crippen LogP contribution < -0.4 is 15.8 Å². The monoisotopic (exact) mass is 362 g/mol. The summed E-state index contributed by atoms with van der Waals surface area (Å²) in [7, 11) is 0. The Hall–Kier alpha value is -3.02. The van der Waals surface area contributed by atoms with Gasteiger partial charge in [0.05, 0.1) is 12.1 Å². The van der Waals surface area contributed by atoms with E-state index in [1.165, 1.54) is 12.8 Å². The highest BCUT2D eigenvalue weighted by atomic mass is 16.5. The number of primary amides is 1. The summed E-state index contributed by atoms with van der Waals surface area (Å²) in [4.78, 5) is 16.5. The maximum absolute atomic E-state index is 11.6. The molecule has 3 N–H and O–H groups in total. The smallest absolute Gasteiger partial charge is 0.248 e. The lowest BCUT2D eigenvalue weighted by molar-refractivity contribution is 0.100. The lowest BCUT2D eigenvalue weighted by Gasteiger charge is -2.10. The summed E-state index contributed by atoms with van der Waals surface area (Å²) in [5, 5.41) is 3.52. The van der Waals surface area contributed by atoms with Gasteiger partial charge in [-0.15, -0.1) is 0 Å². The van der Waals surface area contributed by atoms with Gasteiger partial charge in [0.25, 0.3) is 0 Å². The quantitative estimate of drug-likeness (QED) is 0.729. The molecule has 0 spiro atoms. The molecule has 6 nitrogen and oxygen atoms in total. The van der Waals surface area contributed by atoms with Gasteiger partial charge in [0.15, 0.2) is 0 Å². The van der Waals surface area contributed by atoms with Crippen LogP contribution in [0.15, 0.2) is 36.4 Å². The summed E-state index contributed by atoms with van der Waals surface area (Å²) >= 11 is 0. The van der Waals surface area contributed by atoms with Crippen molar-refractivity contribution >= 4 is 22.6 Å². The molecule has 0 unspecified atom stereocenters. The molecular formula is C21H22N4O2. The van der Waals surface area contributed by atoms with E-state index in [-0.39, 0.29) is 0 Å². The van der Waals surface area contributed by atoms with Crippen LogP contribution in [0.25, 0.3) is 22.4 Å². The molecule has 0 radical (unpaired) electrons. The second-order valence-corrected chi connectivity index (χ2v) is 7.40. The largest absolute Gasteiger partial charge is 0.491 e.